The normalized spacial score (nSPS) is 16.1. The van der Waals surface area contributed by atoms with Crippen LogP contribution < -0.4 is 4.74 Å². The highest BCUT2D eigenvalue weighted by atomic mass is 16.5. The van der Waals surface area contributed by atoms with Gasteiger partial charge >= 0.3 is 0 Å². The van der Waals surface area contributed by atoms with Crippen LogP contribution in [0.1, 0.15) is 48.7 Å². The topological polar surface area (TPSA) is 47.3 Å². The number of nitrogens with zero attached hydrogens (tertiary/aromatic N) is 2. The average Bonchev–Trinajstić information content (AvgIpc) is 3.16. The van der Waals surface area contributed by atoms with Gasteiger partial charge in [-0.2, -0.15) is 0 Å². The van der Waals surface area contributed by atoms with E-state index in [0.717, 1.165) is 22.6 Å². The van der Waals surface area contributed by atoms with Crippen molar-refractivity contribution in [2.75, 3.05) is 0 Å². The molecule has 0 spiro atoms. The standard InChI is InChI=1S/C16H20N2O2/c1-11-7-13(12(2)19)3-6-16(11)20-9-15-8-17-10-18(15)14-4-5-14/h3,6-8,10,12,14,19H,4-5,9H2,1-2H3/t12-/m1/s1. The third-order valence-electron chi connectivity index (χ3n) is 3.74. The summed E-state index contributed by atoms with van der Waals surface area (Å²) in [5, 5.41) is 9.57. The lowest BCUT2D eigenvalue weighted by atomic mass is 10.1. The summed E-state index contributed by atoms with van der Waals surface area (Å²) in [5.74, 6) is 0.859. The second-order valence-corrected chi connectivity index (χ2v) is 5.51. The largest absolute Gasteiger partial charge is 0.487 e. The van der Waals surface area contributed by atoms with E-state index in [1.807, 2.05) is 37.6 Å². The smallest absolute Gasteiger partial charge is 0.130 e. The number of rotatable bonds is 5. The number of ether oxygens (including phenoxy) is 1. The van der Waals surface area contributed by atoms with E-state index >= 15 is 0 Å². The molecule has 1 aliphatic rings. The van der Waals surface area contributed by atoms with Crippen LogP contribution in [0.2, 0.25) is 0 Å². The van der Waals surface area contributed by atoms with E-state index in [-0.39, 0.29) is 0 Å². The number of aryl methyl sites for hydroxylation is 1. The molecule has 1 aromatic heterocycles. The van der Waals surface area contributed by atoms with Gasteiger partial charge in [-0.15, -0.1) is 0 Å². The molecule has 0 unspecified atom stereocenters. The number of aliphatic hydroxyl groups is 1. The summed E-state index contributed by atoms with van der Waals surface area (Å²) in [6, 6.07) is 6.42. The van der Waals surface area contributed by atoms with E-state index < -0.39 is 6.10 Å². The van der Waals surface area contributed by atoms with Crippen LogP contribution in [0.15, 0.2) is 30.7 Å². The number of imidazole rings is 1. The quantitative estimate of drug-likeness (QED) is 0.909. The Balaban J connectivity index is 1.70. The van der Waals surface area contributed by atoms with Crippen molar-refractivity contribution in [3.05, 3.63) is 47.5 Å². The predicted molar refractivity (Wildman–Crippen MR) is 76.6 cm³/mol. The molecule has 4 nitrogen and oxygen atoms in total. The lowest BCUT2D eigenvalue weighted by Crippen LogP contribution is -2.04. The Bertz CT molecular complexity index is 600. The number of hydrogen-bond acceptors (Lipinski definition) is 3. The van der Waals surface area contributed by atoms with Crippen LogP contribution in [0.5, 0.6) is 5.75 Å². The van der Waals surface area contributed by atoms with E-state index in [4.69, 9.17) is 4.74 Å². The van der Waals surface area contributed by atoms with Crippen LogP contribution in [0.3, 0.4) is 0 Å². The molecule has 3 rings (SSSR count). The van der Waals surface area contributed by atoms with Gasteiger partial charge in [0.2, 0.25) is 0 Å². The third-order valence-corrected chi connectivity index (χ3v) is 3.74. The Morgan fingerprint density at radius 1 is 1.45 bits per heavy atom. The summed E-state index contributed by atoms with van der Waals surface area (Å²) < 4.78 is 8.10. The van der Waals surface area contributed by atoms with Crippen molar-refractivity contribution in [1.29, 1.82) is 0 Å². The molecular weight excluding hydrogens is 252 g/mol. The highest BCUT2D eigenvalue weighted by Crippen LogP contribution is 2.35. The minimum Gasteiger partial charge on any atom is -0.487 e. The van der Waals surface area contributed by atoms with Crippen molar-refractivity contribution >= 4 is 0 Å². The zero-order chi connectivity index (χ0) is 14.1. The molecule has 2 aromatic rings. The Morgan fingerprint density at radius 3 is 2.90 bits per heavy atom. The van der Waals surface area contributed by atoms with Gasteiger partial charge in [-0.25, -0.2) is 4.98 Å². The van der Waals surface area contributed by atoms with Crippen LogP contribution in [-0.4, -0.2) is 14.7 Å². The number of aliphatic hydroxyl groups excluding tert-OH is 1. The van der Waals surface area contributed by atoms with Crippen LogP contribution >= 0.6 is 0 Å². The van der Waals surface area contributed by atoms with Crippen molar-refractivity contribution in [1.82, 2.24) is 9.55 Å². The molecule has 0 saturated heterocycles. The van der Waals surface area contributed by atoms with Crippen LogP contribution in [0.25, 0.3) is 0 Å². The van der Waals surface area contributed by atoms with Crippen molar-refractivity contribution in [3.63, 3.8) is 0 Å². The first-order valence-electron chi connectivity index (χ1n) is 7.07. The molecule has 1 aromatic carbocycles. The lowest BCUT2D eigenvalue weighted by Gasteiger charge is -2.13. The number of benzene rings is 1. The Morgan fingerprint density at radius 2 is 2.25 bits per heavy atom. The van der Waals surface area contributed by atoms with Gasteiger partial charge in [0.15, 0.2) is 0 Å². The molecule has 1 N–H and O–H groups in total. The molecule has 106 valence electrons. The SMILES string of the molecule is Cc1cc([C@@H](C)O)ccc1OCc1cncn1C1CC1. The first-order valence-corrected chi connectivity index (χ1v) is 7.07. The van der Waals surface area contributed by atoms with E-state index in [9.17, 15) is 5.11 Å². The second kappa shape index (κ2) is 5.29. The van der Waals surface area contributed by atoms with Crippen molar-refractivity contribution < 1.29 is 9.84 Å². The highest BCUT2D eigenvalue weighted by Gasteiger charge is 2.25. The van der Waals surface area contributed by atoms with Crippen molar-refractivity contribution in [3.8, 4) is 5.75 Å². The van der Waals surface area contributed by atoms with Crippen LogP contribution in [0, 0.1) is 6.92 Å². The first kappa shape index (κ1) is 13.2. The second-order valence-electron chi connectivity index (χ2n) is 5.51. The minimum atomic E-state index is -0.445. The van der Waals surface area contributed by atoms with Gasteiger partial charge in [0, 0.05) is 6.04 Å². The van der Waals surface area contributed by atoms with E-state index in [1.54, 1.807) is 6.92 Å². The van der Waals surface area contributed by atoms with Gasteiger partial charge in [-0.1, -0.05) is 6.07 Å². The van der Waals surface area contributed by atoms with E-state index in [2.05, 4.69) is 9.55 Å². The van der Waals surface area contributed by atoms with Gasteiger partial charge in [0.1, 0.15) is 12.4 Å². The average molecular weight is 272 g/mol. The molecule has 1 heterocycles. The Labute approximate surface area is 119 Å². The molecule has 1 saturated carbocycles. The Hall–Kier alpha value is -1.81. The lowest BCUT2D eigenvalue weighted by molar-refractivity contribution is 0.199. The van der Waals surface area contributed by atoms with Crippen LogP contribution in [-0.2, 0) is 6.61 Å². The zero-order valence-electron chi connectivity index (χ0n) is 11.9. The fourth-order valence-corrected chi connectivity index (χ4v) is 2.37. The minimum absolute atomic E-state index is 0.445. The maximum Gasteiger partial charge on any atom is 0.130 e. The van der Waals surface area contributed by atoms with E-state index in [1.165, 1.54) is 12.8 Å². The first-order chi connectivity index (χ1) is 9.65. The molecule has 0 bridgehead atoms. The van der Waals surface area contributed by atoms with Gasteiger partial charge in [-0.05, 0) is 49.9 Å². The monoisotopic (exact) mass is 272 g/mol. The summed E-state index contributed by atoms with van der Waals surface area (Å²) in [7, 11) is 0. The van der Waals surface area contributed by atoms with Crippen molar-refractivity contribution in [2.45, 2.75) is 45.4 Å². The zero-order valence-corrected chi connectivity index (χ0v) is 11.9. The molecule has 1 fully saturated rings. The molecule has 0 radical (unpaired) electrons. The number of aromatic nitrogens is 2. The summed E-state index contributed by atoms with van der Waals surface area (Å²) in [5.41, 5.74) is 3.07. The van der Waals surface area contributed by atoms with E-state index in [0.29, 0.717) is 12.6 Å². The molecular formula is C16H20N2O2. The van der Waals surface area contributed by atoms with Gasteiger partial charge < -0.3 is 14.4 Å². The predicted octanol–water partition coefficient (Wildman–Crippen LogP) is 3.16. The molecule has 4 heteroatoms. The maximum absolute atomic E-state index is 9.57. The van der Waals surface area contributed by atoms with Crippen LogP contribution in [0.4, 0.5) is 0 Å². The summed E-state index contributed by atoms with van der Waals surface area (Å²) in [4.78, 5) is 4.21. The van der Waals surface area contributed by atoms with Gasteiger partial charge in [-0.3, -0.25) is 0 Å². The molecule has 1 aliphatic carbocycles. The fourth-order valence-electron chi connectivity index (χ4n) is 2.37. The maximum atomic E-state index is 9.57. The number of hydrogen-bond donors (Lipinski definition) is 1. The molecule has 1 atom stereocenters. The third kappa shape index (κ3) is 2.70. The van der Waals surface area contributed by atoms with Crippen molar-refractivity contribution in [2.24, 2.45) is 0 Å². The molecule has 20 heavy (non-hydrogen) atoms. The highest BCUT2D eigenvalue weighted by molar-refractivity contribution is 5.37. The molecule has 0 aliphatic heterocycles. The summed E-state index contributed by atoms with van der Waals surface area (Å²) in [6.07, 6.45) is 5.80. The summed E-state index contributed by atoms with van der Waals surface area (Å²) >= 11 is 0. The van der Waals surface area contributed by atoms with Gasteiger partial charge in [0.05, 0.1) is 24.3 Å². The summed E-state index contributed by atoms with van der Waals surface area (Å²) in [6.45, 7) is 4.30. The fraction of sp³-hybridized carbons (Fsp3) is 0.438. The van der Waals surface area contributed by atoms with Gasteiger partial charge in [0.25, 0.3) is 0 Å². The molecule has 0 amide bonds. The Kier molecular flexibility index (Phi) is 3.49.